The Morgan fingerprint density at radius 3 is 2.47 bits per heavy atom. The Morgan fingerprint density at radius 1 is 1.11 bits per heavy atom. The van der Waals surface area contributed by atoms with E-state index in [4.69, 9.17) is 11.6 Å². The van der Waals surface area contributed by atoms with Crippen molar-refractivity contribution in [2.45, 2.75) is 24.4 Å². The number of nitrogens with one attached hydrogen (secondary N) is 1. The Hall–Kier alpha value is -2.57. The molecule has 1 saturated heterocycles. The molecule has 0 bridgehead atoms. The smallest absolute Gasteiger partial charge is 0.325 e. The molecule has 0 aliphatic carbocycles. The molecule has 3 aromatic carbocycles. The molecule has 1 atom stereocenters. The van der Waals surface area contributed by atoms with E-state index >= 15 is 0 Å². The number of halogens is 5. The second-order valence-electron chi connectivity index (χ2n) is 7.86. The number of rotatable bonds is 5. The lowest BCUT2D eigenvalue weighted by molar-refractivity contribution is -0.137. The highest BCUT2D eigenvalue weighted by molar-refractivity contribution is 14.1. The molecule has 1 heterocycles. The minimum atomic E-state index is -4.54. The molecule has 186 valence electrons. The highest BCUT2D eigenvalue weighted by Gasteiger charge is 2.36. The van der Waals surface area contributed by atoms with Crippen LogP contribution in [-0.2, 0) is 22.3 Å². The summed E-state index contributed by atoms with van der Waals surface area (Å²) in [6.07, 6.45) is -4.62. The zero-order valence-corrected chi connectivity index (χ0v) is 22.2. The fraction of sp³-hybridized carbons (Fsp3) is 0.160. The average molecular weight is 644 g/mol. The average Bonchev–Trinajstić information content (AvgIpc) is 2.83. The molecule has 11 heteroatoms. The van der Waals surface area contributed by atoms with Crippen molar-refractivity contribution in [1.29, 1.82) is 0 Å². The number of carbonyl (C=O) groups is 2. The van der Waals surface area contributed by atoms with Crippen LogP contribution < -0.4 is 5.32 Å². The van der Waals surface area contributed by atoms with Crippen LogP contribution in [0.2, 0.25) is 5.02 Å². The Morgan fingerprint density at radius 2 is 1.81 bits per heavy atom. The first-order valence-corrected chi connectivity index (χ1v) is 13.0. The van der Waals surface area contributed by atoms with Gasteiger partial charge in [0.15, 0.2) is 5.17 Å². The number of carbonyl (C=O) groups excluding carboxylic acids is 2. The Balaban J connectivity index is 1.64. The zero-order chi connectivity index (χ0) is 25.9. The fourth-order valence-corrected chi connectivity index (χ4v) is 4.97. The van der Waals surface area contributed by atoms with E-state index in [1.165, 1.54) is 17.0 Å². The lowest BCUT2D eigenvalue weighted by atomic mass is 10.2. The van der Waals surface area contributed by atoms with Crippen molar-refractivity contribution in [3.63, 3.8) is 0 Å². The Bertz CT molecular complexity index is 1300. The zero-order valence-electron chi connectivity index (χ0n) is 18.4. The maximum Gasteiger partial charge on any atom is 0.416 e. The second kappa shape index (κ2) is 11.2. The van der Waals surface area contributed by atoms with Gasteiger partial charge in [-0.2, -0.15) is 13.2 Å². The van der Waals surface area contributed by atoms with Gasteiger partial charge in [0, 0.05) is 20.7 Å². The summed E-state index contributed by atoms with van der Waals surface area (Å²) in [7, 11) is 0. The number of alkyl halides is 3. The van der Waals surface area contributed by atoms with Crippen molar-refractivity contribution in [2.75, 3.05) is 5.32 Å². The van der Waals surface area contributed by atoms with Crippen molar-refractivity contribution in [1.82, 2.24) is 4.90 Å². The van der Waals surface area contributed by atoms with Crippen LogP contribution in [0.15, 0.2) is 77.8 Å². The van der Waals surface area contributed by atoms with Crippen molar-refractivity contribution in [2.24, 2.45) is 4.99 Å². The molecule has 4 rings (SSSR count). The van der Waals surface area contributed by atoms with Gasteiger partial charge < -0.3 is 5.32 Å². The van der Waals surface area contributed by atoms with Crippen LogP contribution in [0.25, 0.3) is 0 Å². The standard InChI is InChI=1S/C25H18ClF3IN3O2S/c26-17-6-4-15(5-7-17)14-33-22(34)13-21(23(35)31-19-10-8-18(30)9-11-19)36-24(33)32-20-3-1-2-16(12-20)25(27,28)29/h1-12,21H,13-14H2,(H,31,35). The molecule has 1 aliphatic rings. The lowest BCUT2D eigenvalue weighted by Gasteiger charge is -2.32. The third-order valence-corrected chi connectivity index (χ3v) is 7.35. The number of amides is 2. The molecule has 5 nitrogen and oxygen atoms in total. The number of amidine groups is 1. The van der Waals surface area contributed by atoms with Gasteiger partial charge in [0.1, 0.15) is 5.25 Å². The van der Waals surface area contributed by atoms with Crippen molar-refractivity contribution in [3.05, 3.63) is 92.5 Å². The van der Waals surface area contributed by atoms with E-state index in [2.05, 4.69) is 32.9 Å². The van der Waals surface area contributed by atoms with E-state index in [0.717, 1.165) is 33.0 Å². The third-order valence-electron chi connectivity index (χ3n) is 5.20. The third kappa shape index (κ3) is 6.80. The second-order valence-corrected chi connectivity index (χ2v) is 10.7. The summed E-state index contributed by atoms with van der Waals surface area (Å²) in [6, 6.07) is 18.6. The molecule has 0 spiro atoms. The fourth-order valence-electron chi connectivity index (χ4n) is 3.39. The van der Waals surface area contributed by atoms with Gasteiger partial charge in [-0.05, 0) is 82.8 Å². The molecule has 1 aliphatic heterocycles. The molecule has 36 heavy (non-hydrogen) atoms. The predicted molar refractivity (Wildman–Crippen MR) is 144 cm³/mol. The Labute approximate surface area is 228 Å². The summed E-state index contributed by atoms with van der Waals surface area (Å²) >= 11 is 9.14. The van der Waals surface area contributed by atoms with Crippen LogP contribution >= 0.6 is 46.0 Å². The maximum atomic E-state index is 13.2. The lowest BCUT2D eigenvalue weighted by Crippen LogP contribution is -2.44. The molecule has 1 unspecified atom stereocenters. The highest BCUT2D eigenvalue weighted by atomic mass is 127. The van der Waals surface area contributed by atoms with Gasteiger partial charge in [0.05, 0.1) is 17.8 Å². The van der Waals surface area contributed by atoms with Crippen molar-refractivity contribution < 1.29 is 22.8 Å². The van der Waals surface area contributed by atoms with E-state index in [0.29, 0.717) is 10.7 Å². The summed E-state index contributed by atoms with van der Waals surface area (Å²) in [5.74, 6) is -0.755. The summed E-state index contributed by atoms with van der Waals surface area (Å²) < 4.78 is 40.7. The minimum Gasteiger partial charge on any atom is -0.325 e. The largest absolute Gasteiger partial charge is 0.416 e. The van der Waals surface area contributed by atoms with Crippen LogP contribution in [-0.4, -0.2) is 27.1 Å². The van der Waals surface area contributed by atoms with Crippen LogP contribution in [0.1, 0.15) is 17.5 Å². The van der Waals surface area contributed by atoms with Crippen molar-refractivity contribution >= 4 is 74.3 Å². The SMILES string of the molecule is O=C(Nc1ccc(I)cc1)C1CC(=O)N(Cc2ccc(Cl)cc2)C(=Nc2cccc(C(F)(F)F)c2)S1. The normalized spacial score (nSPS) is 17.4. The van der Waals surface area contributed by atoms with Crippen LogP contribution in [0.3, 0.4) is 0 Å². The van der Waals surface area contributed by atoms with Gasteiger partial charge in [-0.3, -0.25) is 14.5 Å². The molecule has 1 N–H and O–H groups in total. The van der Waals surface area contributed by atoms with Gasteiger partial charge >= 0.3 is 6.18 Å². The number of thioether (sulfide) groups is 1. The first-order valence-electron chi connectivity index (χ1n) is 10.6. The highest BCUT2D eigenvalue weighted by Crippen LogP contribution is 2.34. The van der Waals surface area contributed by atoms with Gasteiger partial charge in [-0.25, -0.2) is 4.99 Å². The van der Waals surface area contributed by atoms with Gasteiger partial charge in [0.2, 0.25) is 11.8 Å². The Kier molecular flexibility index (Phi) is 8.26. The molecule has 0 saturated carbocycles. The summed E-state index contributed by atoms with van der Waals surface area (Å²) in [4.78, 5) is 31.9. The van der Waals surface area contributed by atoms with Gasteiger partial charge in [-0.1, -0.05) is 41.6 Å². The van der Waals surface area contributed by atoms with Gasteiger partial charge in [-0.15, -0.1) is 0 Å². The van der Waals surface area contributed by atoms with Crippen LogP contribution in [0.4, 0.5) is 24.5 Å². The molecule has 1 fully saturated rings. The monoisotopic (exact) mass is 643 g/mol. The molecule has 0 aromatic heterocycles. The first kappa shape index (κ1) is 26.5. The predicted octanol–water partition coefficient (Wildman–Crippen LogP) is 7.12. The van der Waals surface area contributed by atoms with E-state index in [-0.39, 0.29) is 29.7 Å². The van der Waals surface area contributed by atoms with E-state index in [9.17, 15) is 22.8 Å². The molecular formula is C25H18ClF3IN3O2S. The summed E-state index contributed by atoms with van der Waals surface area (Å²) in [6.45, 7) is 0.131. The number of benzene rings is 3. The summed E-state index contributed by atoms with van der Waals surface area (Å²) in [5, 5.41) is 2.66. The van der Waals surface area contributed by atoms with Crippen LogP contribution in [0, 0.1) is 3.57 Å². The van der Waals surface area contributed by atoms with E-state index in [1.807, 2.05) is 12.1 Å². The number of anilines is 1. The molecule has 3 aromatic rings. The molecular weight excluding hydrogens is 626 g/mol. The quantitative estimate of drug-likeness (QED) is 0.301. The number of hydrogen-bond acceptors (Lipinski definition) is 4. The summed E-state index contributed by atoms with van der Waals surface area (Å²) in [5.41, 5.74) is 0.508. The van der Waals surface area contributed by atoms with E-state index in [1.54, 1.807) is 36.4 Å². The van der Waals surface area contributed by atoms with Crippen molar-refractivity contribution in [3.8, 4) is 0 Å². The number of hydrogen-bond donors (Lipinski definition) is 1. The van der Waals surface area contributed by atoms with Gasteiger partial charge in [0.25, 0.3) is 0 Å². The van der Waals surface area contributed by atoms with E-state index < -0.39 is 22.9 Å². The molecule has 0 radical (unpaired) electrons. The number of aliphatic imine (C=N–C) groups is 1. The molecule has 2 amide bonds. The minimum absolute atomic E-state index is 0.0277. The number of nitrogens with zero attached hydrogens (tertiary/aromatic N) is 2. The maximum absolute atomic E-state index is 13.2. The topological polar surface area (TPSA) is 61.8 Å². The van der Waals surface area contributed by atoms with Crippen LogP contribution in [0.5, 0.6) is 0 Å². The first-order chi connectivity index (χ1) is 17.1.